The number of allylic oxidation sites excluding steroid dienone is 1. The molecule has 1 aromatic rings. The molecule has 0 aliphatic carbocycles. The number of carbonyl (C=O) groups excluding carboxylic acids is 3. The van der Waals surface area contributed by atoms with Crippen LogP contribution in [0.15, 0.2) is 35.0 Å². The summed E-state index contributed by atoms with van der Waals surface area (Å²) in [5, 5.41) is 2.35. The van der Waals surface area contributed by atoms with E-state index in [0.29, 0.717) is 0 Å². The van der Waals surface area contributed by atoms with Crippen LogP contribution in [0.4, 0.5) is 13.6 Å². The van der Waals surface area contributed by atoms with Gasteiger partial charge in [-0.15, -0.1) is 4.99 Å². The van der Waals surface area contributed by atoms with Crippen LogP contribution in [0.25, 0.3) is 0 Å². The number of rotatable bonds is 2. The molecule has 0 aromatic heterocycles. The van der Waals surface area contributed by atoms with Crippen LogP contribution in [0.5, 0.6) is 0 Å². The number of carbonyl (C=O) groups is 3. The number of fused-ring (bicyclic) bond motifs is 1. The van der Waals surface area contributed by atoms with Crippen LogP contribution in [0, 0.1) is 17.6 Å². The fourth-order valence-electron chi connectivity index (χ4n) is 2.66. The van der Waals surface area contributed by atoms with Gasteiger partial charge < -0.3 is 5.32 Å². The van der Waals surface area contributed by atoms with E-state index in [1.54, 1.807) is 0 Å². The number of amides is 4. The minimum Gasteiger partial charge on any atom is -0.324 e. The molecule has 0 radical (unpaired) electrons. The fraction of sp³-hybridized carbons (Fsp3) is 0.188. The Bertz CT molecular complexity index is 884. The van der Waals surface area contributed by atoms with E-state index >= 15 is 0 Å². The number of hydrogen-bond acceptors (Lipinski definition) is 4. The van der Waals surface area contributed by atoms with Crippen LogP contribution in [0.2, 0.25) is 0 Å². The first-order chi connectivity index (χ1) is 11.8. The highest BCUT2D eigenvalue weighted by atomic mass is 19.1. The van der Waals surface area contributed by atoms with E-state index in [9.17, 15) is 23.2 Å². The lowest BCUT2D eigenvalue weighted by molar-refractivity contribution is -0.407. The molecule has 3 rings (SSSR count). The van der Waals surface area contributed by atoms with E-state index in [1.807, 2.05) is 0 Å². The molecule has 1 N–H and O–H groups in total. The van der Waals surface area contributed by atoms with Crippen molar-refractivity contribution in [2.45, 2.75) is 0 Å². The number of hydrogen-bond donors (Lipinski definition) is 1. The van der Waals surface area contributed by atoms with Gasteiger partial charge >= 0.3 is 11.9 Å². The molecule has 1 atom stereocenters. The Morgan fingerprint density at radius 1 is 1.28 bits per heavy atom. The molecular formula is C16H13F2N4O3+. The molecule has 2 heterocycles. The molecule has 128 valence electrons. The Kier molecular flexibility index (Phi) is 3.99. The van der Waals surface area contributed by atoms with E-state index in [4.69, 9.17) is 0 Å². The lowest BCUT2D eigenvalue weighted by atomic mass is 9.97. The Morgan fingerprint density at radius 2 is 1.92 bits per heavy atom. The Hall–Kier alpha value is -3.23. The van der Waals surface area contributed by atoms with Crippen molar-refractivity contribution in [3.8, 4) is 0 Å². The predicted molar refractivity (Wildman–Crippen MR) is 83.2 cm³/mol. The molecule has 0 fully saturated rings. The van der Waals surface area contributed by atoms with Crippen LogP contribution >= 0.6 is 0 Å². The lowest BCUT2D eigenvalue weighted by Crippen LogP contribution is -2.54. The second kappa shape index (κ2) is 6.00. The number of halogens is 2. The molecule has 0 saturated carbocycles. The summed E-state index contributed by atoms with van der Waals surface area (Å²) in [4.78, 5) is 41.5. The molecule has 2 aliphatic heterocycles. The first-order valence-corrected chi connectivity index (χ1v) is 7.24. The monoisotopic (exact) mass is 347 g/mol. The number of dihydropyridines is 1. The van der Waals surface area contributed by atoms with Crippen LogP contribution in [0.1, 0.15) is 10.4 Å². The topological polar surface area (TPSA) is 81.8 Å². The summed E-state index contributed by atoms with van der Waals surface area (Å²) in [7, 11) is 2.73. The van der Waals surface area contributed by atoms with Crippen LogP contribution < -0.4 is 5.32 Å². The summed E-state index contributed by atoms with van der Waals surface area (Å²) in [6.45, 7) is 0. The molecule has 1 unspecified atom stereocenters. The van der Waals surface area contributed by atoms with Gasteiger partial charge in [0.05, 0.1) is 14.1 Å². The SMILES string of the molecule is CN1C(=O)C2C(NC(=O)c3c(F)cccc3F)=CC=NC2=[N+](C)C1=O. The van der Waals surface area contributed by atoms with Gasteiger partial charge in [-0.2, -0.15) is 9.48 Å². The highest BCUT2D eigenvalue weighted by Gasteiger charge is 2.47. The van der Waals surface area contributed by atoms with E-state index in [0.717, 1.165) is 23.1 Å². The average molecular weight is 347 g/mol. The minimum atomic E-state index is -1.04. The van der Waals surface area contributed by atoms with Gasteiger partial charge in [-0.05, 0) is 18.2 Å². The van der Waals surface area contributed by atoms with Gasteiger partial charge in [-0.25, -0.2) is 13.6 Å². The summed E-state index contributed by atoms with van der Waals surface area (Å²) in [5.41, 5.74) is -0.678. The zero-order valence-corrected chi connectivity index (χ0v) is 13.3. The highest BCUT2D eigenvalue weighted by molar-refractivity contribution is 6.16. The van der Waals surface area contributed by atoms with E-state index < -0.39 is 41.0 Å². The van der Waals surface area contributed by atoms with Gasteiger partial charge in [0, 0.05) is 5.70 Å². The van der Waals surface area contributed by atoms with Crippen LogP contribution in [-0.2, 0) is 4.79 Å². The zero-order valence-electron chi connectivity index (χ0n) is 13.3. The number of nitrogens with zero attached hydrogens (tertiary/aromatic N) is 3. The van der Waals surface area contributed by atoms with E-state index in [-0.39, 0.29) is 11.5 Å². The second-order valence-corrected chi connectivity index (χ2v) is 5.48. The third-order valence-corrected chi connectivity index (χ3v) is 3.97. The number of urea groups is 1. The van der Waals surface area contributed by atoms with Crippen LogP contribution in [0.3, 0.4) is 0 Å². The standard InChI is InChI=1S/C16H12F2N4O3/c1-21-13-12(15(24)22(2)16(21)25)10(6-7-19-13)20-14(23)11-8(17)4-3-5-9(11)18/h3-7,12H,1-2H3/p+1. The molecular weight excluding hydrogens is 334 g/mol. The molecule has 9 heteroatoms. The number of imide groups is 1. The molecule has 0 bridgehead atoms. The maximum Gasteiger partial charge on any atom is 0.445 e. The van der Waals surface area contributed by atoms with Crippen molar-refractivity contribution in [1.29, 1.82) is 0 Å². The van der Waals surface area contributed by atoms with Gasteiger partial charge in [-0.3, -0.25) is 9.59 Å². The van der Waals surface area contributed by atoms with Crippen LogP contribution in [-0.4, -0.2) is 53.5 Å². The number of benzene rings is 1. The highest BCUT2D eigenvalue weighted by Crippen LogP contribution is 2.22. The van der Waals surface area contributed by atoms with Crippen molar-refractivity contribution >= 4 is 29.9 Å². The maximum absolute atomic E-state index is 13.8. The lowest BCUT2D eigenvalue weighted by Gasteiger charge is -2.26. The van der Waals surface area contributed by atoms with Crippen molar-refractivity contribution in [3.63, 3.8) is 0 Å². The van der Waals surface area contributed by atoms with Gasteiger partial charge in [0.15, 0.2) is 5.92 Å². The third-order valence-electron chi connectivity index (χ3n) is 3.97. The normalized spacial score (nSPS) is 19.8. The van der Waals surface area contributed by atoms with Crippen molar-refractivity contribution in [3.05, 3.63) is 47.2 Å². The molecule has 0 saturated heterocycles. The summed E-state index contributed by atoms with van der Waals surface area (Å²) >= 11 is 0. The Labute approximate surface area is 141 Å². The largest absolute Gasteiger partial charge is 0.445 e. The number of nitrogens with one attached hydrogen (secondary N) is 1. The van der Waals surface area contributed by atoms with Crippen molar-refractivity contribution < 1.29 is 27.7 Å². The van der Waals surface area contributed by atoms with E-state index in [1.165, 1.54) is 31.0 Å². The molecule has 7 nitrogen and oxygen atoms in total. The Morgan fingerprint density at radius 3 is 2.56 bits per heavy atom. The smallest absolute Gasteiger partial charge is 0.324 e. The number of aliphatic imine (C=N–C) groups is 1. The summed E-state index contributed by atoms with van der Waals surface area (Å²) < 4.78 is 28.7. The first kappa shape index (κ1) is 16.6. The third kappa shape index (κ3) is 2.63. The number of amidine groups is 1. The first-order valence-electron chi connectivity index (χ1n) is 7.24. The van der Waals surface area contributed by atoms with Gasteiger partial charge in [-0.1, -0.05) is 6.07 Å². The van der Waals surface area contributed by atoms with Gasteiger partial charge in [0.25, 0.3) is 11.7 Å². The van der Waals surface area contributed by atoms with Crippen molar-refractivity contribution in [2.75, 3.05) is 14.1 Å². The molecule has 1 aromatic carbocycles. The molecule has 4 amide bonds. The molecule has 0 spiro atoms. The molecule has 25 heavy (non-hydrogen) atoms. The predicted octanol–water partition coefficient (Wildman–Crippen LogP) is 0.912. The summed E-state index contributed by atoms with van der Waals surface area (Å²) in [6.07, 6.45) is 2.64. The average Bonchev–Trinajstić information content (AvgIpc) is 2.57. The van der Waals surface area contributed by atoms with Crippen molar-refractivity contribution in [1.82, 2.24) is 10.2 Å². The maximum atomic E-state index is 13.8. The summed E-state index contributed by atoms with van der Waals surface area (Å²) in [6, 6.07) is 2.48. The Balaban J connectivity index is 1.97. The zero-order chi connectivity index (χ0) is 18.3. The van der Waals surface area contributed by atoms with Gasteiger partial charge in [0.2, 0.25) is 0 Å². The minimum absolute atomic E-state index is 0.0776. The summed E-state index contributed by atoms with van der Waals surface area (Å²) in [5.74, 6) is -4.60. The quantitative estimate of drug-likeness (QED) is 0.808. The second-order valence-electron chi connectivity index (χ2n) is 5.48. The van der Waals surface area contributed by atoms with Gasteiger partial charge in [0.1, 0.15) is 23.4 Å². The van der Waals surface area contributed by atoms with E-state index in [2.05, 4.69) is 10.3 Å². The van der Waals surface area contributed by atoms with Crippen molar-refractivity contribution in [2.24, 2.45) is 10.9 Å². The molecule has 2 aliphatic rings. The fourth-order valence-corrected chi connectivity index (χ4v) is 2.66.